The van der Waals surface area contributed by atoms with Crippen LogP contribution in [-0.4, -0.2) is 97.5 Å². The summed E-state index contributed by atoms with van der Waals surface area (Å²) in [6, 6.07) is 0. The summed E-state index contributed by atoms with van der Waals surface area (Å²) in [5.41, 5.74) is 0. The molecular formula is C38H74O12S. The molecule has 13 heteroatoms. The number of esters is 1. The molecule has 4 N–H and O–H groups in total. The van der Waals surface area contributed by atoms with Gasteiger partial charge in [0.15, 0.2) is 6.29 Å². The molecule has 1 aliphatic heterocycles. The average Bonchev–Trinajstić information content (AvgIpc) is 3.10. The van der Waals surface area contributed by atoms with Crippen molar-refractivity contribution in [3.05, 3.63) is 0 Å². The van der Waals surface area contributed by atoms with Crippen LogP contribution in [0, 0.1) is 0 Å². The predicted molar refractivity (Wildman–Crippen MR) is 198 cm³/mol. The van der Waals surface area contributed by atoms with Crippen molar-refractivity contribution in [3.8, 4) is 0 Å². The fraction of sp³-hybridized carbons (Fsp3) is 0.974. The van der Waals surface area contributed by atoms with E-state index in [1.165, 1.54) is 122 Å². The molecule has 0 saturated carbocycles. The second-order valence-electron chi connectivity index (χ2n) is 14.2. The van der Waals surface area contributed by atoms with Crippen LogP contribution in [0.3, 0.4) is 0 Å². The fourth-order valence-electron chi connectivity index (χ4n) is 6.36. The Morgan fingerprint density at radius 1 is 0.667 bits per heavy atom. The van der Waals surface area contributed by atoms with Crippen molar-refractivity contribution in [2.45, 2.75) is 211 Å². The molecule has 0 amide bonds. The highest BCUT2D eigenvalue weighted by atomic mass is 32.3. The minimum atomic E-state index is -5.04. The maximum absolute atomic E-state index is 12.3. The van der Waals surface area contributed by atoms with Crippen molar-refractivity contribution in [2.24, 2.45) is 0 Å². The SMILES string of the molecule is CCCCCCCCCCCCCCCCCCCCCCCCOCC(COC1OC(CO)C(O)C(OS(=O)(=O)O)C1O)OC(=O)CCCC. The normalized spacial score (nSPS) is 21.6. The molecule has 12 nitrogen and oxygen atoms in total. The molecule has 0 bridgehead atoms. The molecule has 1 saturated heterocycles. The highest BCUT2D eigenvalue weighted by Gasteiger charge is 2.48. The largest absolute Gasteiger partial charge is 0.457 e. The average molecular weight is 755 g/mol. The number of hydrogen-bond acceptors (Lipinski definition) is 11. The summed E-state index contributed by atoms with van der Waals surface area (Å²) in [4.78, 5) is 12.3. The molecule has 0 aliphatic carbocycles. The van der Waals surface area contributed by atoms with E-state index in [1.807, 2.05) is 6.92 Å². The molecule has 0 spiro atoms. The Hall–Kier alpha value is -0.900. The zero-order valence-electron chi connectivity index (χ0n) is 31.9. The van der Waals surface area contributed by atoms with Gasteiger partial charge in [-0.05, 0) is 12.8 Å². The quantitative estimate of drug-likeness (QED) is 0.0288. The number of hydrogen-bond donors (Lipinski definition) is 4. The van der Waals surface area contributed by atoms with Crippen molar-refractivity contribution in [3.63, 3.8) is 0 Å². The zero-order valence-corrected chi connectivity index (χ0v) is 32.7. The Bertz CT molecular complexity index is 921. The lowest BCUT2D eigenvalue weighted by atomic mass is 9.99. The van der Waals surface area contributed by atoms with Crippen molar-refractivity contribution < 1.29 is 56.2 Å². The lowest BCUT2D eigenvalue weighted by Crippen LogP contribution is -2.60. The van der Waals surface area contributed by atoms with Crippen LogP contribution in [0.1, 0.15) is 174 Å². The number of aliphatic hydroxyl groups excluding tert-OH is 3. The first-order valence-corrected chi connectivity index (χ1v) is 21.7. The summed E-state index contributed by atoms with van der Waals surface area (Å²) in [5.74, 6) is -0.431. The number of carbonyl (C=O) groups excluding carboxylic acids is 1. The highest BCUT2D eigenvalue weighted by molar-refractivity contribution is 7.80. The molecule has 1 rings (SSSR count). The van der Waals surface area contributed by atoms with Crippen molar-refractivity contribution in [1.82, 2.24) is 0 Å². The number of unbranched alkanes of at least 4 members (excludes halogenated alkanes) is 22. The van der Waals surface area contributed by atoms with Crippen molar-refractivity contribution in [2.75, 3.05) is 26.4 Å². The van der Waals surface area contributed by atoms with E-state index in [-0.39, 0.29) is 19.6 Å². The molecule has 1 heterocycles. The maximum Gasteiger partial charge on any atom is 0.397 e. The number of rotatable bonds is 35. The first-order chi connectivity index (χ1) is 24.6. The molecule has 304 valence electrons. The van der Waals surface area contributed by atoms with Crippen LogP contribution in [0.2, 0.25) is 0 Å². The van der Waals surface area contributed by atoms with Gasteiger partial charge in [0.2, 0.25) is 0 Å². The molecule has 1 fully saturated rings. The van der Waals surface area contributed by atoms with Gasteiger partial charge in [0.25, 0.3) is 0 Å². The third-order valence-corrected chi connectivity index (χ3v) is 9.94. The van der Waals surface area contributed by atoms with Crippen LogP contribution in [-0.2, 0) is 38.3 Å². The van der Waals surface area contributed by atoms with Crippen LogP contribution in [0.25, 0.3) is 0 Å². The zero-order chi connectivity index (χ0) is 37.6. The Morgan fingerprint density at radius 3 is 1.55 bits per heavy atom. The molecular weight excluding hydrogens is 680 g/mol. The van der Waals surface area contributed by atoms with Crippen molar-refractivity contribution in [1.29, 1.82) is 0 Å². The fourth-order valence-corrected chi connectivity index (χ4v) is 6.87. The molecule has 0 aromatic carbocycles. The molecule has 6 atom stereocenters. The summed E-state index contributed by atoms with van der Waals surface area (Å²) in [7, 11) is -5.04. The van der Waals surface area contributed by atoms with E-state index < -0.39 is 59.8 Å². The molecule has 0 aromatic heterocycles. The van der Waals surface area contributed by atoms with E-state index in [4.69, 9.17) is 23.5 Å². The standard InChI is InChI=1S/C38H74O12S/c1-3-5-7-8-9-10-11-12-13-14-15-16-17-18-19-20-21-22-23-24-25-26-28-46-30-32(48-34(40)27-6-4-2)31-47-38-36(42)37(50-51(43,44)45)35(41)33(29-39)49-38/h32-33,35-39,41-42H,3-31H2,1-2H3,(H,43,44,45). The van der Waals surface area contributed by atoms with E-state index in [0.29, 0.717) is 13.0 Å². The smallest absolute Gasteiger partial charge is 0.397 e. The first-order valence-electron chi connectivity index (χ1n) is 20.3. The number of aliphatic hydroxyl groups is 3. The van der Waals surface area contributed by atoms with Gasteiger partial charge in [0.05, 0.1) is 19.8 Å². The van der Waals surface area contributed by atoms with E-state index in [2.05, 4.69) is 11.1 Å². The van der Waals surface area contributed by atoms with E-state index in [1.54, 1.807) is 0 Å². The van der Waals surface area contributed by atoms with Crippen LogP contribution in [0.4, 0.5) is 0 Å². The summed E-state index contributed by atoms with van der Waals surface area (Å²) < 4.78 is 58.2. The van der Waals surface area contributed by atoms with Gasteiger partial charge in [0, 0.05) is 13.0 Å². The summed E-state index contributed by atoms with van der Waals surface area (Å²) in [6.45, 7) is 3.74. The van der Waals surface area contributed by atoms with Crippen LogP contribution in [0.15, 0.2) is 0 Å². The summed E-state index contributed by atoms with van der Waals surface area (Å²) in [6.07, 6.45) is 21.5. The third-order valence-electron chi connectivity index (χ3n) is 9.48. The summed E-state index contributed by atoms with van der Waals surface area (Å²) >= 11 is 0. The molecule has 0 aromatic rings. The molecule has 0 radical (unpaired) electrons. The van der Waals surface area contributed by atoms with Gasteiger partial charge in [-0.2, -0.15) is 8.42 Å². The Morgan fingerprint density at radius 2 is 1.12 bits per heavy atom. The Balaban J connectivity index is 2.16. The van der Waals surface area contributed by atoms with E-state index in [9.17, 15) is 28.5 Å². The topological polar surface area (TPSA) is 178 Å². The molecule has 51 heavy (non-hydrogen) atoms. The lowest BCUT2D eigenvalue weighted by Gasteiger charge is -2.41. The van der Waals surface area contributed by atoms with Crippen LogP contribution in [0.5, 0.6) is 0 Å². The second-order valence-corrected chi connectivity index (χ2v) is 15.3. The van der Waals surface area contributed by atoms with Gasteiger partial charge in [-0.25, -0.2) is 4.18 Å². The third kappa shape index (κ3) is 25.7. The van der Waals surface area contributed by atoms with Crippen molar-refractivity contribution >= 4 is 16.4 Å². The highest BCUT2D eigenvalue weighted by Crippen LogP contribution is 2.26. The van der Waals surface area contributed by atoms with E-state index >= 15 is 0 Å². The minimum Gasteiger partial charge on any atom is -0.457 e. The number of carbonyl (C=O) groups is 1. The van der Waals surface area contributed by atoms with Crippen LogP contribution >= 0.6 is 0 Å². The van der Waals surface area contributed by atoms with Gasteiger partial charge >= 0.3 is 16.4 Å². The monoisotopic (exact) mass is 754 g/mol. The van der Waals surface area contributed by atoms with Gasteiger partial charge in [-0.1, -0.05) is 155 Å². The Kier molecular flexibility index (Phi) is 29.7. The minimum absolute atomic E-state index is 0.0386. The molecule has 1 aliphatic rings. The van der Waals surface area contributed by atoms with Gasteiger partial charge in [-0.15, -0.1) is 0 Å². The maximum atomic E-state index is 12.3. The van der Waals surface area contributed by atoms with Gasteiger partial charge < -0.3 is 34.3 Å². The van der Waals surface area contributed by atoms with Crippen LogP contribution < -0.4 is 0 Å². The van der Waals surface area contributed by atoms with Gasteiger partial charge in [-0.3, -0.25) is 9.35 Å². The Labute approximate surface area is 309 Å². The predicted octanol–water partition coefficient (Wildman–Crippen LogP) is 7.35. The number of ether oxygens (including phenoxy) is 4. The molecule has 6 unspecified atom stereocenters. The van der Waals surface area contributed by atoms with E-state index in [0.717, 1.165) is 25.7 Å². The first kappa shape index (κ1) is 48.1. The summed E-state index contributed by atoms with van der Waals surface area (Å²) in [5, 5.41) is 30.3. The van der Waals surface area contributed by atoms with Gasteiger partial charge in [0.1, 0.15) is 30.5 Å². The second kappa shape index (κ2) is 31.5. The lowest BCUT2D eigenvalue weighted by molar-refractivity contribution is -0.301.